The van der Waals surface area contributed by atoms with Crippen molar-refractivity contribution in [3.05, 3.63) is 36.2 Å². The Morgan fingerprint density at radius 1 is 1.32 bits per heavy atom. The van der Waals surface area contributed by atoms with Crippen molar-refractivity contribution in [3.8, 4) is 0 Å². The van der Waals surface area contributed by atoms with Crippen LogP contribution in [0.15, 0.2) is 30.6 Å². The molecule has 0 aromatic carbocycles. The third-order valence-corrected chi connectivity index (χ3v) is 5.42. The third kappa shape index (κ3) is 2.11. The number of ether oxygens (including phenoxy) is 1. The number of hydrogen-bond donors (Lipinski definition) is 0. The molecule has 22 heavy (non-hydrogen) atoms. The third-order valence-electron chi connectivity index (χ3n) is 5.42. The summed E-state index contributed by atoms with van der Waals surface area (Å²) < 4.78 is 7.16. The summed E-state index contributed by atoms with van der Waals surface area (Å²) >= 11 is 0. The molecule has 4 rings (SSSR count). The lowest BCUT2D eigenvalue weighted by Crippen LogP contribution is -2.50. The van der Waals surface area contributed by atoms with Crippen molar-refractivity contribution in [1.82, 2.24) is 14.5 Å². The number of methoxy groups -OCH3 is 1. The van der Waals surface area contributed by atoms with Crippen molar-refractivity contribution in [2.24, 2.45) is 5.41 Å². The van der Waals surface area contributed by atoms with Gasteiger partial charge in [0.05, 0.1) is 23.4 Å². The molecule has 0 unspecified atom stereocenters. The monoisotopic (exact) mass is 299 g/mol. The highest BCUT2D eigenvalue weighted by atomic mass is 16.5. The summed E-state index contributed by atoms with van der Waals surface area (Å²) in [4.78, 5) is 14.7. The minimum atomic E-state index is 0.110. The second kappa shape index (κ2) is 5.09. The van der Waals surface area contributed by atoms with Gasteiger partial charge in [-0.05, 0) is 43.2 Å². The van der Waals surface area contributed by atoms with E-state index >= 15 is 0 Å². The van der Waals surface area contributed by atoms with Crippen molar-refractivity contribution in [2.75, 3.05) is 20.2 Å². The molecule has 5 heteroatoms. The van der Waals surface area contributed by atoms with Crippen LogP contribution in [0, 0.1) is 5.41 Å². The van der Waals surface area contributed by atoms with Crippen LogP contribution in [-0.4, -0.2) is 46.7 Å². The van der Waals surface area contributed by atoms with Gasteiger partial charge in [-0.2, -0.15) is 5.10 Å². The maximum absolute atomic E-state index is 12.8. The Hall–Kier alpha value is -1.88. The van der Waals surface area contributed by atoms with E-state index in [4.69, 9.17) is 4.74 Å². The van der Waals surface area contributed by atoms with Gasteiger partial charge in [0.15, 0.2) is 0 Å². The minimum Gasteiger partial charge on any atom is -0.381 e. The number of fused-ring (bicyclic) bond motifs is 1. The molecule has 2 aliphatic rings. The fourth-order valence-electron chi connectivity index (χ4n) is 3.93. The van der Waals surface area contributed by atoms with Gasteiger partial charge in [-0.15, -0.1) is 0 Å². The van der Waals surface area contributed by atoms with Crippen molar-refractivity contribution in [1.29, 1.82) is 0 Å². The molecule has 1 aliphatic carbocycles. The molecule has 1 aliphatic heterocycles. The molecule has 2 aromatic rings. The van der Waals surface area contributed by atoms with Crippen molar-refractivity contribution >= 4 is 11.4 Å². The summed E-state index contributed by atoms with van der Waals surface area (Å²) in [6.07, 6.45) is 8.49. The van der Waals surface area contributed by atoms with Crippen molar-refractivity contribution in [2.45, 2.75) is 31.8 Å². The quantitative estimate of drug-likeness (QED) is 0.855. The smallest absolute Gasteiger partial charge is 0.257 e. The largest absolute Gasteiger partial charge is 0.381 e. The second-order valence-corrected chi connectivity index (χ2v) is 6.65. The molecule has 2 fully saturated rings. The Kier molecular flexibility index (Phi) is 3.18. The predicted octanol–water partition coefficient (Wildman–Crippen LogP) is 2.37. The highest BCUT2D eigenvalue weighted by Crippen LogP contribution is 2.50. The molecule has 5 nitrogen and oxygen atoms in total. The molecule has 0 bridgehead atoms. The zero-order valence-electron chi connectivity index (χ0n) is 12.9. The van der Waals surface area contributed by atoms with E-state index in [1.165, 1.54) is 0 Å². The number of nitrogens with zero attached hydrogens (tertiary/aromatic N) is 3. The maximum atomic E-state index is 12.8. The fourth-order valence-corrected chi connectivity index (χ4v) is 3.93. The van der Waals surface area contributed by atoms with Crippen LogP contribution in [-0.2, 0) is 4.74 Å². The zero-order chi connectivity index (χ0) is 15.2. The first-order valence-corrected chi connectivity index (χ1v) is 7.95. The number of carbonyl (C=O) groups excluding carboxylic acids is 1. The molecule has 0 radical (unpaired) electrons. The van der Waals surface area contributed by atoms with Crippen LogP contribution >= 0.6 is 0 Å². The number of piperidine rings is 1. The number of hydrogen-bond acceptors (Lipinski definition) is 3. The molecule has 1 saturated heterocycles. The van der Waals surface area contributed by atoms with Crippen LogP contribution in [0.2, 0.25) is 0 Å². The fraction of sp³-hybridized carbons (Fsp3) is 0.529. The van der Waals surface area contributed by atoms with E-state index < -0.39 is 0 Å². The van der Waals surface area contributed by atoms with E-state index in [2.05, 4.69) is 5.10 Å². The van der Waals surface area contributed by atoms with Gasteiger partial charge in [0.25, 0.3) is 5.91 Å². The zero-order valence-corrected chi connectivity index (χ0v) is 12.9. The Bertz CT molecular complexity index is 693. The summed E-state index contributed by atoms with van der Waals surface area (Å²) in [5.41, 5.74) is 2.02. The van der Waals surface area contributed by atoms with Crippen LogP contribution in [0.1, 0.15) is 36.0 Å². The van der Waals surface area contributed by atoms with E-state index in [0.717, 1.165) is 44.3 Å². The van der Waals surface area contributed by atoms with Crippen LogP contribution in [0.4, 0.5) is 0 Å². The summed E-state index contributed by atoms with van der Waals surface area (Å²) in [7, 11) is 1.79. The molecule has 1 saturated carbocycles. The number of pyridine rings is 1. The SMILES string of the molecule is COC1CC2(CCN(C(=O)c3cnn4ccccc34)CC2)C1. The van der Waals surface area contributed by atoms with E-state index in [0.29, 0.717) is 17.1 Å². The lowest BCUT2D eigenvalue weighted by molar-refractivity contribution is -0.0840. The van der Waals surface area contributed by atoms with Gasteiger partial charge in [-0.25, -0.2) is 4.52 Å². The van der Waals surface area contributed by atoms with Crippen molar-refractivity contribution in [3.63, 3.8) is 0 Å². The number of carbonyl (C=O) groups is 1. The van der Waals surface area contributed by atoms with Crippen LogP contribution in [0.25, 0.3) is 5.52 Å². The number of aromatic nitrogens is 2. The topological polar surface area (TPSA) is 46.8 Å². The Morgan fingerprint density at radius 2 is 2.09 bits per heavy atom. The molecule has 0 atom stereocenters. The van der Waals surface area contributed by atoms with Gasteiger partial charge < -0.3 is 9.64 Å². The van der Waals surface area contributed by atoms with Gasteiger partial charge >= 0.3 is 0 Å². The molecule has 3 heterocycles. The van der Waals surface area contributed by atoms with E-state index in [-0.39, 0.29) is 5.91 Å². The average Bonchev–Trinajstić information content (AvgIpc) is 2.96. The van der Waals surface area contributed by atoms with Gasteiger partial charge in [-0.1, -0.05) is 6.07 Å². The molecule has 116 valence electrons. The van der Waals surface area contributed by atoms with E-state index in [1.54, 1.807) is 17.8 Å². The average molecular weight is 299 g/mol. The summed E-state index contributed by atoms with van der Waals surface area (Å²) in [6.45, 7) is 1.69. The number of rotatable bonds is 2. The Morgan fingerprint density at radius 3 is 2.82 bits per heavy atom. The van der Waals surface area contributed by atoms with Gasteiger partial charge in [0.2, 0.25) is 0 Å². The normalized spacial score (nSPS) is 21.2. The lowest BCUT2D eigenvalue weighted by Gasteiger charge is -2.51. The Labute approximate surface area is 129 Å². The highest BCUT2D eigenvalue weighted by molar-refractivity contribution is 6.00. The first kappa shape index (κ1) is 13.8. The minimum absolute atomic E-state index is 0.110. The molecule has 0 N–H and O–H groups in total. The lowest BCUT2D eigenvalue weighted by atomic mass is 9.61. The first-order valence-electron chi connectivity index (χ1n) is 7.95. The first-order chi connectivity index (χ1) is 10.7. The predicted molar refractivity (Wildman–Crippen MR) is 82.8 cm³/mol. The molecule has 1 spiro atoms. The summed E-state index contributed by atoms with van der Waals surface area (Å²) in [5, 5.41) is 4.26. The van der Waals surface area contributed by atoms with Crippen molar-refractivity contribution < 1.29 is 9.53 Å². The molecule has 2 aromatic heterocycles. The van der Waals surface area contributed by atoms with Crippen LogP contribution in [0.3, 0.4) is 0 Å². The van der Waals surface area contributed by atoms with E-state index in [1.807, 2.05) is 29.3 Å². The number of likely N-dealkylation sites (tertiary alicyclic amines) is 1. The molecular weight excluding hydrogens is 278 g/mol. The van der Waals surface area contributed by atoms with Crippen LogP contribution < -0.4 is 0 Å². The van der Waals surface area contributed by atoms with Gasteiger partial charge in [0.1, 0.15) is 0 Å². The van der Waals surface area contributed by atoms with Gasteiger partial charge in [0, 0.05) is 26.4 Å². The van der Waals surface area contributed by atoms with E-state index in [9.17, 15) is 4.79 Å². The van der Waals surface area contributed by atoms with Crippen LogP contribution in [0.5, 0.6) is 0 Å². The number of amides is 1. The summed E-state index contributed by atoms with van der Waals surface area (Å²) in [6, 6.07) is 5.81. The standard InChI is InChI=1S/C17H21N3O2/c1-22-13-10-17(11-13)5-8-19(9-6-17)16(21)14-12-18-20-7-3-2-4-15(14)20/h2-4,7,12-13H,5-6,8-11H2,1H3. The molecule has 1 amide bonds. The Balaban J connectivity index is 1.46. The highest BCUT2D eigenvalue weighted by Gasteiger charge is 2.46. The van der Waals surface area contributed by atoms with Gasteiger partial charge in [-0.3, -0.25) is 4.79 Å². The maximum Gasteiger partial charge on any atom is 0.257 e. The summed E-state index contributed by atoms with van der Waals surface area (Å²) in [5.74, 6) is 0.110. The molecular formula is C17H21N3O2. The second-order valence-electron chi connectivity index (χ2n) is 6.65.